The van der Waals surface area contributed by atoms with Gasteiger partial charge in [-0.3, -0.25) is 4.98 Å². The molecule has 0 bridgehead atoms. The summed E-state index contributed by atoms with van der Waals surface area (Å²) in [6.45, 7) is 0. The van der Waals surface area contributed by atoms with Crippen LogP contribution in [0.2, 0.25) is 0 Å². The highest BCUT2D eigenvalue weighted by Crippen LogP contribution is 2.32. The molecule has 3 heterocycles. The number of nitrogens with zero attached hydrogens (tertiary/aromatic N) is 5. The Morgan fingerprint density at radius 3 is 1.81 bits per heavy atom. The molecule has 0 fully saturated rings. The molecule has 0 radical (unpaired) electrons. The summed E-state index contributed by atoms with van der Waals surface area (Å²) in [7, 11) is 0. The maximum Gasteiger partial charge on any atom is 0.179 e. The summed E-state index contributed by atoms with van der Waals surface area (Å²) >= 11 is 0. The Labute approximate surface area is 277 Å². The molecule has 0 amide bonds. The van der Waals surface area contributed by atoms with Gasteiger partial charge in [0.1, 0.15) is 12.0 Å². The fourth-order valence-electron chi connectivity index (χ4n) is 6.37. The molecule has 5 heteroatoms. The van der Waals surface area contributed by atoms with Crippen molar-refractivity contribution in [3.05, 3.63) is 164 Å². The molecule has 9 aromatic rings. The molecular formula is C43H27N5. The Bertz CT molecular complexity index is 2600. The second-order valence-corrected chi connectivity index (χ2v) is 11.9. The van der Waals surface area contributed by atoms with Crippen LogP contribution in [-0.4, -0.2) is 24.9 Å². The van der Waals surface area contributed by atoms with Crippen LogP contribution in [0.1, 0.15) is 0 Å². The summed E-state index contributed by atoms with van der Waals surface area (Å²) in [6, 6.07) is 50.9. The van der Waals surface area contributed by atoms with E-state index in [0.29, 0.717) is 11.5 Å². The minimum Gasteiger partial charge on any atom is -0.256 e. The topological polar surface area (TPSA) is 64.5 Å². The number of benzene rings is 6. The van der Waals surface area contributed by atoms with Crippen LogP contribution in [0.5, 0.6) is 0 Å². The Morgan fingerprint density at radius 2 is 1.00 bits per heavy atom. The lowest BCUT2D eigenvalue weighted by atomic mass is 9.96. The monoisotopic (exact) mass is 613 g/mol. The van der Waals surface area contributed by atoms with E-state index in [0.717, 1.165) is 39.3 Å². The average Bonchev–Trinajstić information content (AvgIpc) is 3.17. The molecule has 0 aliphatic carbocycles. The summed E-state index contributed by atoms with van der Waals surface area (Å²) in [6.07, 6.45) is 5.11. The highest BCUT2D eigenvalue weighted by atomic mass is 14.9. The Kier molecular flexibility index (Phi) is 6.72. The van der Waals surface area contributed by atoms with Crippen molar-refractivity contribution in [3.63, 3.8) is 0 Å². The van der Waals surface area contributed by atoms with Gasteiger partial charge < -0.3 is 0 Å². The minimum absolute atomic E-state index is 0.536. The zero-order valence-electron chi connectivity index (χ0n) is 25.8. The predicted octanol–water partition coefficient (Wildman–Crippen LogP) is 10.5. The standard InChI is InChI=1S/C43H27N5/c1-2-7-32-24-35(16-11-28(32)5-1)39-20-18-36(26-45-39)42-25-41(47-43(48-42)40-21-22-44-27-46-40)31-13-9-29(10-14-31)33-17-19-38-34(23-33)15-12-30-6-3-4-8-37(30)38/h1-27H. The number of aromatic nitrogens is 5. The third kappa shape index (κ3) is 5.13. The molecule has 0 aliphatic heterocycles. The fraction of sp³-hybridized carbons (Fsp3) is 0. The van der Waals surface area contributed by atoms with E-state index in [1.54, 1.807) is 6.20 Å². The molecule has 9 rings (SSSR count). The first-order valence-corrected chi connectivity index (χ1v) is 15.9. The van der Waals surface area contributed by atoms with Crippen LogP contribution in [0.4, 0.5) is 0 Å². The minimum atomic E-state index is 0.536. The van der Waals surface area contributed by atoms with E-state index in [9.17, 15) is 0 Å². The molecule has 48 heavy (non-hydrogen) atoms. The van der Waals surface area contributed by atoms with Gasteiger partial charge in [0.05, 0.1) is 17.1 Å². The average molecular weight is 614 g/mol. The van der Waals surface area contributed by atoms with Crippen molar-refractivity contribution < 1.29 is 0 Å². The highest BCUT2D eigenvalue weighted by Gasteiger charge is 2.13. The molecular weight excluding hydrogens is 587 g/mol. The van der Waals surface area contributed by atoms with Crippen molar-refractivity contribution in [2.45, 2.75) is 0 Å². The van der Waals surface area contributed by atoms with E-state index >= 15 is 0 Å². The van der Waals surface area contributed by atoms with Crippen molar-refractivity contribution in [2.75, 3.05) is 0 Å². The van der Waals surface area contributed by atoms with Gasteiger partial charge in [-0.2, -0.15) is 0 Å². The van der Waals surface area contributed by atoms with Crippen LogP contribution < -0.4 is 0 Å². The quantitative estimate of drug-likeness (QED) is 0.181. The smallest absolute Gasteiger partial charge is 0.179 e. The molecule has 0 aliphatic rings. The van der Waals surface area contributed by atoms with E-state index in [2.05, 4.69) is 137 Å². The van der Waals surface area contributed by atoms with Gasteiger partial charge in [0, 0.05) is 29.1 Å². The maximum absolute atomic E-state index is 4.94. The Morgan fingerprint density at radius 1 is 0.354 bits per heavy atom. The van der Waals surface area contributed by atoms with Gasteiger partial charge >= 0.3 is 0 Å². The fourth-order valence-corrected chi connectivity index (χ4v) is 6.37. The molecule has 0 saturated heterocycles. The first-order chi connectivity index (χ1) is 23.7. The van der Waals surface area contributed by atoms with Crippen LogP contribution in [0.15, 0.2) is 164 Å². The molecule has 0 unspecified atom stereocenters. The lowest BCUT2D eigenvalue weighted by molar-refractivity contribution is 1.11. The summed E-state index contributed by atoms with van der Waals surface area (Å²) in [5, 5.41) is 7.42. The number of rotatable bonds is 5. The SMILES string of the molecule is c1ccc2cc(-c3ccc(-c4cc(-c5ccc(-c6ccc7c(ccc8ccccc87)c6)cc5)nc(-c5ccncn5)n4)cn3)ccc2c1. The van der Waals surface area contributed by atoms with Gasteiger partial charge in [-0.15, -0.1) is 0 Å². The largest absolute Gasteiger partial charge is 0.256 e. The third-order valence-electron chi connectivity index (χ3n) is 8.90. The van der Waals surface area contributed by atoms with Crippen molar-refractivity contribution >= 4 is 32.3 Å². The van der Waals surface area contributed by atoms with Gasteiger partial charge in [0.25, 0.3) is 0 Å². The van der Waals surface area contributed by atoms with Gasteiger partial charge in [0.2, 0.25) is 0 Å². The van der Waals surface area contributed by atoms with Crippen molar-refractivity contribution in [1.29, 1.82) is 0 Å². The van der Waals surface area contributed by atoms with Crippen molar-refractivity contribution in [2.24, 2.45) is 0 Å². The van der Waals surface area contributed by atoms with Crippen LogP contribution in [0, 0.1) is 0 Å². The van der Waals surface area contributed by atoms with E-state index in [1.807, 2.05) is 24.4 Å². The summed E-state index contributed by atoms with van der Waals surface area (Å²) in [5.41, 5.74) is 8.44. The van der Waals surface area contributed by atoms with Gasteiger partial charge in [0.15, 0.2) is 5.82 Å². The van der Waals surface area contributed by atoms with Gasteiger partial charge in [-0.1, -0.05) is 109 Å². The van der Waals surface area contributed by atoms with E-state index in [4.69, 9.17) is 15.0 Å². The Balaban J connectivity index is 1.07. The molecule has 0 spiro atoms. The second kappa shape index (κ2) is 11.6. The number of pyridine rings is 1. The molecule has 0 saturated carbocycles. The lowest BCUT2D eigenvalue weighted by Gasteiger charge is -2.11. The molecule has 224 valence electrons. The number of hydrogen-bond acceptors (Lipinski definition) is 5. The molecule has 0 atom stereocenters. The normalized spacial score (nSPS) is 11.3. The third-order valence-corrected chi connectivity index (χ3v) is 8.90. The van der Waals surface area contributed by atoms with Crippen LogP contribution in [-0.2, 0) is 0 Å². The highest BCUT2D eigenvalue weighted by molar-refractivity contribution is 6.08. The van der Waals surface area contributed by atoms with E-state index in [-0.39, 0.29) is 0 Å². The second-order valence-electron chi connectivity index (χ2n) is 11.9. The summed E-state index contributed by atoms with van der Waals surface area (Å²) in [5.74, 6) is 0.536. The number of fused-ring (bicyclic) bond motifs is 4. The predicted molar refractivity (Wildman–Crippen MR) is 195 cm³/mol. The maximum atomic E-state index is 4.94. The van der Waals surface area contributed by atoms with E-state index in [1.165, 1.54) is 44.2 Å². The molecule has 5 nitrogen and oxygen atoms in total. The van der Waals surface area contributed by atoms with Crippen LogP contribution >= 0.6 is 0 Å². The van der Waals surface area contributed by atoms with Crippen LogP contribution in [0.25, 0.3) is 88.7 Å². The van der Waals surface area contributed by atoms with Gasteiger partial charge in [-0.25, -0.2) is 19.9 Å². The first kappa shape index (κ1) is 27.7. The van der Waals surface area contributed by atoms with Crippen LogP contribution in [0.3, 0.4) is 0 Å². The molecule has 3 aromatic heterocycles. The zero-order valence-corrected chi connectivity index (χ0v) is 25.8. The lowest BCUT2D eigenvalue weighted by Crippen LogP contribution is -1.98. The van der Waals surface area contributed by atoms with Crippen molar-refractivity contribution in [1.82, 2.24) is 24.9 Å². The molecule has 6 aromatic carbocycles. The zero-order chi connectivity index (χ0) is 31.9. The van der Waals surface area contributed by atoms with E-state index < -0.39 is 0 Å². The summed E-state index contributed by atoms with van der Waals surface area (Å²) < 4.78 is 0. The number of hydrogen-bond donors (Lipinski definition) is 0. The summed E-state index contributed by atoms with van der Waals surface area (Å²) in [4.78, 5) is 23.2. The van der Waals surface area contributed by atoms with Crippen molar-refractivity contribution in [3.8, 4) is 56.4 Å². The van der Waals surface area contributed by atoms with Gasteiger partial charge in [-0.05, 0) is 79.8 Å². The first-order valence-electron chi connectivity index (χ1n) is 15.9. The Hall–Kier alpha value is -6.59. The molecule has 0 N–H and O–H groups in total.